The summed E-state index contributed by atoms with van der Waals surface area (Å²) in [6.45, 7) is 0. The summed E-state index contributed by atoms with van der Waals surface area (Å²) in [5.74, 6) is 0. The first-order chi connectivity index (χ1) is 5.00. The van der Waals surface area contributed by atoms with Crippen molar-refractivity contribution in [3.05, 3.63) is 21.9 Å². The van der Waals surface area contributed by atoms with Crippen LogP contribution in [-0.2, 0) is 10.0 Å². The molecule has 1 rings (SSSR count). The molecule has 0 aliphatic carbocycles. The SMILES string of the molecule is NS(=O)(=O)c1cc(I)ccn1. The largest absolute Gasteiger partial charge is 0.255 e. The van der Waals surface area contributed by atoms with Crippen LogP contribution in [0.4, 0.5) is 0 Å². The number of rotatable bonds is 1. The summed E-state index contributed by atoms with van der Waals surface area (Å²) in [6.07, 6.45) is 1.40. The van der Waals surface area contributed by atoms with Gasteiger partial charge in [-0.25, -0.2) is 18.5 Å². The fourth-order valence-corrected chi connectivity index (χ4v) is 1.71. The lowest BCUT2D eigenvalue weighted by molar-refractivity contribution is 0.594. The lowest BCUT2D eigenvalue weighted by Crippen LogP contribution is -2.13. The molecule has 0 aromatic carbocycles. The summed E-state index contributed by atoms with van der Waals surface area (Å²) in [5.41, 5.74) is 0. The zero-order valence-corrected chi connectivity index (χ0v) is 8.33. The van der Waals surface area contributed by atoms with Crippen molar-refractivity contribution in [3.8, 4) is 0 Å². The fraction of sp³-hybridized carbons (Fsp3) is 0. The fourth-order valence-electron chi connectivity index (χ4n) is 0.541. The molecular weight excluding hydrogens is 279 g/mol. The number of primary sulfonamides is 1. The van der Waals surface area contributed by atoms with E-state index in [4.69, 9.17) is 5.14 Å². The number of halogens is 1. The van der Waals surface area contributed by atoms with Gasteiger partial charge in [-0.15, -0.1) is 0 Å². The van der Waals surface area contributed by atoms with Gasteiger partial charge in [0, 0.05) is 9.77 Å². The Labute approximate surface area is 78.0 Å². The monoisotopic (exact) mass is 284 g/mol. The third-order valence-corrected chi connectivity index (χ3v) is 2.47. The van der Waals surface area contributed by atoms with Gasteiger partial charge in [-0.3, -0.25) is 0 Å². The third-order valence-electron chi connectivity index (χ3n) is 0.988. The van der Waals surface area contributed by atoms with Gasteiger partial charge in [0.15, 0.2) is 5.03 Å². The predicted molar refractivity (Wildman–Crippen MR) is 48.3 cm³/mol. The number of sulfonamides is 1. The topological polar surface area (TPSA) is 73.1 Å². The van der Waals surface area contributed by atoms with Crippen molar-refractivity contribution in [2.75, 3.05) is 0 Å². The Morgan fingerprint density at radius 3 is 2.55 bits per heavy atom. The minimum absolute atomic E-state index is 0.0931. The number of pyridine rings is 1. The van der Waals surface area contributed by atoms with E-state index in [1.165, 1.54) is 12.3 Å². The van der Waals surface area contributed by atoms with Crippen LogP contribution in [0.15, 0.2) is 23.4 Å². The van der Waals surface area contributed by atoms with Gasteiger partial charge in [0.1, 0.15) is 0 Å². The Kier molecular flexibility index (Phi) is 2.45. The van der Waals surface area contributed by atoms with Gasteiger partial charge in [0.2, 0.25) is 0 Å². The van der Waals surface area contributed by atoms with E-state index in [-0.39, 0.29) is 5.03 Å². The Hall–Kier alpha value is -0.210. The van der Waals surface area contributed by atoms with Crippen LogP contribution in [0.5, 0.6) is 0 Å². The minimum atomic E-state index is -3.64. The lowest BCUT2D eigenvalue weighted by atomic mass is 10.5. The summed E-state index contributed by atoms with van der Waals surface area (Å²) in [5, 5.41) is 4.74. The zero-order chi connectivity index (χ0) is 8.48. The Bertz CT molecular complexity index is 363. The van der Waals surface area contributed by atoms with E-state index in [1.54, 1.807) is 6.07 Å². The molecule has 0 radical (unpaired) electrons. The van der Waals surface area contributed by atoms with Gasteiger partial charge >= 0.3 is 0 Å². The maximum absolute atomic E-state index is 10.7. The van der Waals surface area contributed by atoms with Crippen LogP contribution in [0.25, 0.3) is 0 Å². The molecule has 0 bridgehead atoms. The molecular formula is C5H5IN2O2S. The quantitative estimate of drug-likeness (QED) is 0.755. The van der Waals surface area contributed by atoms with Crippen LogP contribution >= 0.6 is 22.6 Å². The summed E-state index contributed by atoms with van der Waals surface area (Å²) >= 11 is 1.99. The van der Waals surface area contributed by atoms with Crippen LogP contribution in [-0.4, -0.2) is 13.4 Å². The van der Waals surface area contributed by atoms with Gasteiger partial charge in [-0.1, -0.05) is 0 Å². The van der Waals surface area contributed by atoms with E-state index < -0.39 is 10.0 Å². The third kappa shape index (κ3) is 2.38. The van der Waals surface area contributed by atoms with Crippen molar-refractivity contribution in [1.29, 1.82) is 0 Å². The average molecular weight is 284 g/mol. The molecule has 2 N–H and O–H groups in total. The maximum Gasteiger partial charge on any atom is 0.255 e. The smallest absolute Gasteiger partial charge is 0.243 e. The first kappa shape index (κ1) is 8.88. The number of hydrogen-bond acceptors (Lipinski definition) is 3. The number of nitrogens with two attached hydrogens (primary N) is 1. The van der Waals surface area contributed by atoms with Crippen LogP contribution in [0, 0.1) is 3.57 Å². The van der Waals surface area contributed by atoms with Gasteiger partial charge in [0.25, 0.3) is 10.0 Å². The molecule has 0 atom stereocenters. The second kappa shape index (κ2) is 3.03. The molecule has 0 saturated carbocycles. The molecule has 1 heterocycles. The second-order valence-electron chi connectivity index (χ2n) is 1.86. The first-order valence-electron chi connectivity index (χ1n) is 2.64. The molecule has 0 amide bonds. The summed E-state index contributed by atoms with van der Waals surface area (Å²) in [7, 11) is -3.64. The molecule has 4 nitrogen and oxygen atoms in total. The molecule has 1 aromatic heterocycles. The molecule has 0 aliphatic rings. The van der Waals surface area contributed by atoms with Gasteiger partial charge in [-0.2, -0.15) is 0 Å². The number of aromatic nitrogens is 1. The van der Waals surface area contributed by atoms with Gasteiger partial charge < -0.3 is 0 Å². The normalized spacial score (nSPS) is 11.5. The second-order valence-corrected chi connectivity index (χ2v) is 4.61. The molecule has 0 aliphatic heterocycles. The maximum atomic E-state index is 10.7. The van der Waals surface area contributed by atoms with Crippen molar-refractivity contribution in [2.24, 2.45) is 5.14 Å². The number of nitrogens with zero attached hydrogens (tertiary/aromatic N) is 1. The molecule has 1 aromatic rings. The summed E-state index contributed by atoms with van der Waals surface area (Å²) in [4.78, 5) is 3.59. The molecule has 0 spiro atoms. The van der Waals surface area contributed by atoms with Crippen LogP contribution in [0.3, 0.4) is 0 Å². The van der Waals surface area contributed by atoms with E-state index in [1.807, 2.05) is 22.6 Å². The first-order valence-corrected chi connectivity index (χ1v) is 5.27. The highest BCUT2D eigenvalue weighted by molar-refractivity contribution is 14.1. The van der Waals surface area contributed by atoms with E-state index >= 15 is 0 Å². The van der Waals surface area contributed by atoms with E-state index in [0.29, 0.717) is 0 Å². The number of hydrogen-bond donors (Lipinski definition) is 1. The highest BCUT2D eigenvalue weighted by Crippen LogP contribution is 2.07. The van der Waals surface area contributed by atoms with Gasteiger partial charge in [0.05, 0.1) is 0 Å². The predicted octanol–water partition coefficient (Wildman–Crippen LogP) is 0.334. The van der Waals surface area contributed by atoms with Crippen LogP contribution in [0.1, 0.15) is 0 Å². The van der Waals surface area contributed by atoms with Gasteiger partial charge in [-0.05, 0) is 34.7 Å². The van der Waals surface area contributed by atoms with E-state index in [2.05, 4.69) is 4.98 Å². The molecule has 0 saturated heterocycles. The van der Waals surface area contributed by atoms with Crippen LogP contribution < -0.4 is 5.14 Å². The molecule has 0 unspecified atom stereocenters. The van der Waals surface area contributed by atoms with Crippen molar-refractivity contribution in [1.82, 2.24) is 4.98 Å². The van der Waals surface area contributed by atoms with Crippen molar-refractivity contribution in [2.45, 2.75) is 5.03 Å². The minimum Gasteiger partial charge on any atom is -0.243 e. The zero-order valence-electron chi connectivity index (χ0n) is 5.36. The molecule has 60 valence electrons. The van der Waals surface area contributed by atoms with Crippen LogP contribution in [0.2, 0.25) is 0 Å². The van der Waals surface area contributed by atoms with Crippen molar-refractivity contribution in [3.63, 3.8) is 0 Å². The van der Waals surface area contributed by atoms with Crippen molar-refractivity contribution < 1.29 is 8.42 Å². The molecule has 6 heteroatoms. The Morgan fingerprint density at radius 1 is 1.55 bits per heavy atom. The highest BCUT2D eigenvalue weighted by atomic mass is 127. The average Bonchev–Trinajstić information content (AvgIpc) is 1.86. The molecule has 0 fully saturated rings. The van der Waals surface area contributed by atoms with Crippen molar-refractivity contribution >= 4 is 32.6 Å². The highest BCUT2D eigenvalue weighted by Gasteiger charge is 2.08. The van der Waals surface area contributed by atoms with E-state index in [0.717, 1.165) is 3.57 Å². The summed E-state index contributed by atoms with van der Waals surface area (Å²) in [6, 6.07) is 3.10. The Morgan fingerprint density at radius 2 is 2.18 bits per heavy atom. The molecule has 11 heavy (non-hydrogen) atoms. The van der Waals surface area contributed by atoms with E-state index in [9.17, 15) is 8.42 Å². The lowest BCUT2D eigenvalue weighted by Gasteiger charge is -1.95. The standard InChI is InChI=1S/C5H5IN2O2S/c6-4-1-2-8-5(3-4)11(7,9)10/h1-3H,(H2,7,9,10). The Balaban J connectivity index is 3.28. The summed E-state index contributed by atoms with van der Waals surface area (Å²) < 4.78 is 22.2.